The highest BCUT2D eigenvalue weighted by Gasteiger charge is 2.25. The van der Waals surface area contributed by atoms with E-state index in [9.17, 15) is 17.6 Å². The zero-order valence-corrected chi connectivity index (χ0v) is 19.0. The van der Waals surface area contributed by atoms with Crippen LogP contribution in [-0.2, 0) is 10.0 Å². The van der Waals surface area contributed by atoms with Crippen molar-refractivity contribution in [3.8, 4) is 0 Å². The fourth-order valence-corrected chi connectivity index (χ4v) is 5.67. The number of hydrogen-bond acceptors (Lipinski definition) is 5. The maximum atomic E-state index is 13.0. The van der Waals surface area contributed by atoms with Crippen LogP contribution in [0.2, 0.25) is 0 Å². The lowest BCUT2D eigenvalue weighted by molar-refractivity contribution is 0.0938. The molecule has 9 heteroatoms. The fourth-order valence-electron chi connectivity index (χ4n) is 3.75. The highest BCUT2D eigenvalue weighted by atomic mass is 32.2. The molecule has 32 heavy (non-hydrogen) atoms. The van der Waals surface area contributed by atoms with Gasteiger partial charge in [0.15, 0.2) is 0 Å². The molecule has 3 aromatic rings. The molecule has 2 N–H and O–H groups in total. The molecule has 0 saturated carbocycles. The first kappa shape index (κ1) is 22.4. The average Bonchev–Trinajstić information content (AvgIpc) is 3.49. The fraction of sp³-hybridized carbons (Fsp3) is 0.261. The monoisotopic (exact) mass is 473 g/mol. The molecule has 1 aliphatic heterocycles. The molecular weight excluding hydrogens is 449 g/mol. The second-order valence-electron chi connectivity index (χ2n) is 7.62. The van der Waals surface area contributed by atoms with E-state index in [1.54, 1.807) is 23.5 Å². The van der Waals surface area contributed by atoms with Gasteiger partial charge in [-0.05, 0) is 85.9 Å². The highest BCUT2D eigenvalue weighted by molar-refractivity contribution is 7.92. The number of sulfonamides is 1. The second kappa shape index (κ2) is 9.81. The molecule has 1 aliphatic rings. The molecule has 0 radical (unpaired) electrons. The SMILES string of the molecule is O=C(NCC(c1cccs1)N1CCCC1)c1ccc(NS(=O)(=O)c2ccc(F)cc2)cc1. The van der Waals surface area contributed by atoms with E-state index in [1.165, 1.54) is 42.0 Å². The van der Waals surface area contributed by atoms with Gasteiger partial charge in [-0.1, -0.05) is 6.07 Å². The molecule has 0 bridgehead atoms. The minimum Gasteiger partial charge on any atom is -0.350 e. The molecule has 168 valence electrons. The van der Waals surface area contributed by atoms with Gasteiger partial charge in [0.1, 0.15) is 5.82 Å². The van der Waals surface area contributed by atoms with E-state index in [-0.39, 0.29) is 16.8 Å². The number of carbonyl (C=O) groups is 1. The maximum absolute atomic E-state index is 13.0. The van der Waals surface area contributed by atoms with Gasteiger partial charge in [-0.25, -0.2) is 12.8 Å². The molecule has 1 amide bonds. The first-order valence-electron chi connectivity index (χ1n) is 10.4. The average molecular weight is 474 g/mol. The Morgan fingerprint density at radius 3 is 2.34 bits per heavy atom. The van der Waals surface area contributed by atoms with E-state index < -0.39 is 15.8 Å². The van der Waals surface area contributed by atoms with Crippen LogP contribution in [0.25, 0.3) is 0 Å². The standard InChI is InChI=1S/C23H24FN3O3S2/c24-18-7-11-20(12-8-18)32(29,30)26-19-9-5-17(6-10-19)23(28)25-16-21(22-4-3-15-31-22)27-13-1-2-14-27/h3-12,15,21,26H,1-2,13-14,16H2,(H,25,28). The summed E-state index contributed by atoms with van der Waals surface area (Å²) in [6, 6.07) is 15.1. The number of benzene rings is 2. The van der Waals surface area contributed by atoms with Crippen LogP contribution in [0.4, 0.5) is 10.1 Å². The summed E-state index contributed by atoms with van der Waals surface area (Å²) in [4.78, 5) is 16.3. The van der Waals surface area contributed by atoms with Crippen molar-refractivity contribution in [3.63, 3.8) is 0 Å². The Bertz CT molecular complexity index is 1140. The van der Waals surface area contributed by atoms with E-state index >= 15 is 0 Å². The number of carbonyl (C=O) groups excluding carboxylic acids is 1. The van der Waals surface area contributed by atoms with Crippen molar-refractivity contribution in [3.05, 3.63) is 82.3 Å². The van der Waals surface area contributed by atoms with Crippen molar-refractivity contribution in [1.82, 2.24) is 10.2 Å². The summed E-state index contributed by atoms with van der Waals surface area (Å²) in [6.07, 6.45) is 2.34. The number of nitrogens with one attached hydrogen (secondary N) is 2. The number of rotatable bonds is 8. The summed E-state index contributed by atoms with van der Waals surface area (Å²) in [7, 11) is -3.84. The Labute approximate surface area is 191 Å². The lowest BCUT2D eigenvalue weighted by Gasteiger charge is -2.27. The Morgan fingerprint density at radius 2 is 1.72 bits per heavy atom. The quantitative estimate of drug-likeness (QED) is 0.513. The molecule has 1 unspecified atom stereocenters. The van der Waals surface area contributed by atoms with Crippen LogP contribution in [0.5, 0.6) is 0 Å². The third kappa shape index (κ3) is 5.35. The van der Waals surface area contributed by atoms with Crippen LogP contribution in [0, 0.1) is 5.82 Å². The van der Waals surface area contributed by atoms with Gasteiger partial charge in [-0.2, -0.15) is 0 Å². The Hall–Kier alpha value is -2.75. The predicted octanol–water partition coefficient (Wildman–Crippen LogP) is 4.25. The maximum Gasteiger partial charge on any atom is 0.261 e. The zero-order chi connectivity index (χ0) is 22.6. The molecule has 2 heterocycles. The lowest BCUT2D eigenvalue weighted by Crippen LogP contribution is -2.36. The van der Waals surface area contributed by atoms with Crippen LogP contribution in [0.1, 0.15) is 34.1 Å². The number of nitrogens with zero attached hydrogens (tertiary/aromatic N) is 1. The molecular formula is C23H24FN3O3S2. The Kier molecular flexibility index (Phi) is 6.88. The molecule has 2 aromatic carbocycles. The van der Waals surface area contributed by atoms with Crippen LogP contribution >= 0.6 is 11.3 Å². The third-order valence-electron chi connectivity index (χ3n) is 5.43. The number of likely N-dealkylation sites (tertiary alicyclic amines) is 1. The summed E-state index contributed by atoms with van der Waals surface area (Å²) < 4.78 is 40.3. The molecule has 1 fully saturated rings. The van der Waals surface area contributed by atoms with E-state index in [0.717, 1.165) is 25.2 Å². The van der Waals surface area contributed by atoms with Gasteiger partial charge in [-0.3, -0.25) is 14.4 Å². The van der Waals surface area contributed by atoms with Gasteiger partial charge in [0.25, 0.3) is 15.9 Å². The third-order valence-corrected chi connectivity index (χ3v) is 7.80. The molecule has 0 aliphatic carbocycles. The summed E-state index contributed by atoms with van der Waals surface area (Å²) >= 11 is 1.69. The molecule has 1 aromatic heterocycles. The van der Waals surface area contributed by atoms with Crippen molar-refractivity contribution in [1.29, 1.82) is 0 Å². The van der Waals surface area contributed by atoms with Gasteiger partial charge in [0, 0.05) is 22.7 Å². The molecule has 6 nitrogen and oxygen atoms in total. The smallest absolute Gasteiger partial charge is 0.261 e. The highest BCUT2D eigenvalue weighted by Crippen LogP contribution is 2.28. The number of anilines is 1. The van der Waals surface area contributed by atoms with Crippen molar-refractivity contribution in [2.45, 2.75) is 23.8 Å². The van der Waals surface area contributed by atoms with Crippen LogP contribution in [0.3, 0.4) is 0 Å². The number of hydrogen-bond donors (Lipinski definition) is 2. The van der Waals surface area contributed by atoms with Gasteiger partial charge >= 0.3 is 0 Å². The number of thiophene rings is 1. The largest absolute Gasteiger partial charge is 0.350 e. The molecule has 4 rings (SSSR count). The molecule has 1 atom stereocenters. The van der Waals surface area contributed by atoms with E-state index in [1.807, 2.05) is 11.4 Å². The Morgan fingerprint density at radius 1 is 1.03 bits per heavy atom. The van der Waals surface area contributed by atoms with Crippen LogP contribution in [-0.4, -0.2) is 38.9 Å². The van der Waals surface area contributed by atoms with Crippen molar-refractivity contribution < 1.29 is 17.6 Å². The summed E-state index contributed by atoms with van der Waals surface area (Å²) in [5.41, 5.74) is 0.764. The van der Waals surface area contributed by atoms with Gasteiger partial charge in [-0.15, -0.1) is 11.3 Å². The zero-order valence-electron chi connectivity index (χ0n) is 17.3. The first-order chi connectivity index (χ1) is 15.4. The predicted molar refractivity (Wildman–Crippen MR) is 124 cm³/mol. The first-order valence-corrected chi connectivity index (χ1v) is 12.7. The molecule has 1 saturated heterocycles. The summed E-state index contributed by atoms with van der Waals surface area (Å²) in [5, 5.41) is 5.06. The normalized spacial score (nSPS) is 15.4. The summed E-state index contributed by atoms with van der Waals surface area (Å²) in [5.74, 6) is -0.718. The molecule has 0 spiro atoms. The minimum atomic E-state index is -3.84. The van der Waals surface area contributed by atoms with E-state index in [0.29, 0.717) is 17.8 Å². The second-order valence-corrected chi connectivity index (χ2v) is 10.3. The van der Waals surface area contributed by atoms with Crippen molar-refractivity contribution >= 4 is 33.0 Å². The van der Waals surface area contributed by atoms with Crippen LogP contribution < -0.4 is 10.0 Å². The Balaban J connectivity index is 1.39. The van der Waals surface area contributed by atoms with E-state index in [2.05, 4.69) is 21.0 Å². The summed E-state index contributed by atoms with van der Waals surface area (Å²) in [6.45, 7) is 2.57. The van der Waals surface area contributed by atoms with Crippen LogP contribution in [0.15, 0.2) is 70.9 Å². The minimum absolute atomic E-state index is 0.0396. The number of amides is 1. The van der Waals surface area contributed by atoms with Gasteiger partial charge in [0.2, 0.25) is 0 Å². The van der Waals surface area contributed by atoms with Gasteiger partial charge in [0.05, 0.1) is 10.9 Å². The topological polar surface area (TPSA) is 78.5 Å². The lowest BCUT2D eigenvalue weighted by atomic mass is 10.1. The van der Waals surface area contributed by atoms with Gasteiger partial charge < -0.3 is 5.32 Å². The number of halogens is 1. The van der Waals surface area contributed by atoms with Crippen molar-refractivity contribution in [2.75, 3.05) is 24.4 Å². The van der Waals surface area contributed by atoms with Crippen molar-refractivity contribution in [2.24, 2.45) is 0 Å². The van der Waals surface area contributed by atoms with E-state index in [4.69, 9.17) is 0 Å².